The van der Waals surface area contributed by atoms with Gasteiger partial charge in [-0.2, -0.15) is 5.10 Å². The zero-order valence-corrected chi connectivity index (χ0v) is 11.8. The molecule has 0 aliphatic heterocycles. The van der Waals surface area contributed by atoms with Crippen LogP contribution in [0.4, 0.5) is 0 Å². The van der Waals surface area contributed by atoms with Gasteiger partial charge in [0.2, 0.25) is 0 Å². The van der Waals surface area contributed by atoms with E-state index >= 15 is 0 Å². The van der Waals surface area contributed by atoms with Crippen LogP contribution in [0.3, 0.4) is 0 Å². The van der Waals surface area contributed by atoms with Crippen LogP contribution in [0.5, 0.6) is 0 Å². The van der Waals surface area contributed by atoms with Gasteiger partial charge in [0.25, 0.3) is 0 Å². The molecule has 0 unspecified atom stereocenters. The van der Waals surface area contributed by atoms with E-state index in [1.807, 2.05) is 17.5 Å². The van der Waals surface area contributed by atoms with Gasteiger partial charge in [0.05, 0.1) is 6.21 Å². The fourth-order valence-corrected chi connectivity index (χ4v) is 3.93. The van der Waals surface area contributed by atoms with Crippen LogP contribution in [-0.4, -0.2) is 17.4 Å². The Morgan fingerprint density at radius 3 is 3.06 bits per heavy atom. The smallest absolute Gasteiger partial charge is 0.187 e. The first kappa shape index (κ1) is 12.1. The number of hydrazone groups is 1. The van der Waals surface area contributed by atoms with Crippen LogP contribution < -0.4 is 10.7 Å². The van der Waals surface area contributed by atoms with E-state index in [-0.39, 0.29) is 0 Å². The molecule has 0 radical (unpaired) electrons. The summed E-state index contributed by atoms with van der Waals surface area (Å²) < 4.78 is 0. The van der Waals surface area contributed by atoms with E-state index in [1.165, 1.54) is 25.7 Å². The van der Waals surface area contributed by atoms with Gasteiger partial charge in [-0.1, -0.05) is 12.5 Å². The molecule has 96 valence electrons. The third-order valence-electron chi connectivity index (χ3n) is 3.96. The molecule has 0 spiro atoms. The molecular weight excluding hydrogens is 262 g/mol. The van der Waals surface area contributed by atoms with Gasteiger partial charge in [0.15, 0.2) is 5.11 Å². The Morgan fingerprint density at radius 1 is 1.44 bits per heavy atom. The van der Waals surface area contributed by atoms with Crippen molar-refractivity contribution in [3.05, 3.63) is 22.4 Å². The van der Waals surface area contributed by atoms with Gasteiger partial charge >= 0.3 is 0 Å². The molecule has 2 N–H and O–H groups in total. The number of hydrogen-bond acceptors (Lipinski definition) is 3. The highest BCUT2D eigenvalue weighted by atomic mass is 32.1. The maximum Gasteiger partial charge on any atom is 0.187 e. The maximum absolute atomic E-state index is 5.27. The van der Waals surface area contributed by atoms with Gasteiger partial charge < -0.3 is 5.32 Å². The zero-order chi connectivity index (χ0) is 12.4. The Morgan fingerprint density at radius 2 is 2.39 bits per heavy atom. The van der Waals surface area contributed by atoms with Crippen molar-refractivity contribution in [2.24, 2.45) is 16.9 Å². The number of thiophene rings is 1. The first-order chi connectivity index (χ1) is 8.81. The van der Waals surface area contributed by atoms with Crippen molar-refractivity contribution < 1.29 is 0 Å². The highest BCUT2D eigenvalue weighted by Crippen LogP contribution is 2.44. The van der Waals surface area contributed by atoms with Crippen LogP contribution in [0.2, 0.25) is 0 Å². The number of hydrogen-bond donors (Lipinski definition) is 2. The molecule has 5 heteroatoms. The minimum Gasteiger partial charge on any atom is -0.358 e. The molecule has 1 aromatic heterocycles. The largest absolute Gasteiger partial charge is 0.358 e. The van der Waals surface area contributed by atoms with E-state index in [4.69, 9.17) is 12.2 Å². The molecule has 0 aromatic carbocycles. The van der Waals surface area contributed by atoms with Crippen LogP contribution in [0.1, 0.15) is 30.6 Å². The minimum atomic E-state index is 0.570. The molecule has 2 aliphatic rings. The third-order valence-corrected chi connectivity index (χ3v) is 4.97. The summed E-state index contributed by atoms with van der Waals surface area (Å²) in [5.41, 5.74) is 2.90. The molecule has 2 aliphatic carbocycles. The average Bonchev–Trinajstić information content (AvgIpc) is 3.04. The third kappa shape index (κ3) is 2.72. The van der Waals surface area contributed by atoms with E-state index in [0.29, 0.717) is 11.2 Å². The Labute approximate surface area is 117 Å². The Balaban J connectivity index is 1.45. The SMILES string of the molecule is S=C(N/N=C\c1cccs1)N[C@@H]1C[C@@H]2CC[C@H]1C2. The van der Waals surface area contributed by atoms with Crippen LogP contribution in [-0.2, 0) is 0 Å². The van der Waals surface area contributed by atoms with Crippen molar-refractivity contribution in [3.63, 3.8) is 0 Å². The quantitative estimate of drug-likeness (QED) is 0.507. The molecular formula is C13H17N3S2. The van der Waals surface area contributed by atoms with Gasteiger partial charge in [-0.05, 0) is 54.8 Å². The second kappa shape index (κ2) is 5.36. The molecule has 1 heterocycles. The topological polar surface area (TPSA) is 36.4 Å². The van der Waals surface area contributed by atoms with Crippen LogP contribution in [0.15, 0.2) is 22.6 Å². The average molecular weight is 279 g/mol. The first-order valence-electron chi connectivity index (χ1n) is 6.44. The lowest BCUT2D eigenvalue weighted by molar-refractivity contribution is 0.389. The van der Waals surface area contributed by atoms with Crippen molar-refractivity contribution in [1.29, 1.82) is 0 Å². The summed E-state index contributed by atoms with van der Waals surface area (Å²) in [6.07, 6.45) is 7.25. The molecule has 1 aromatic rings. The highest BCUT2D eigenvalue weighted by molar-refractivity contribution is 7.80. The maximum atomic E-state index is 5.27. The number of fused-ring (bicyclic) bond motifs is 2. The van der Waals surface area contributed by atoms with E-state index in [1.54, 1.807) is 17.6 Å². The van der Waals surface area contributed by atoms with Crippen LogP contribution >= 0.6 is 23.6 Å². The van der Waals surface area contributed by atoms with Crippen LogP contribution in [0, 0.1) is 11.8 Å². The lowest BCUT2D eigenvalue weighted by atomic mass is 9.96. The summed E-state index contributed by atoms with van der Waals surface area (Å²) >= 11 is 6.93. The van der Waals surface area contributed by atoms with Crippen molar-refractivity contribution in [2.75, 3.05) is 0 Å². The molecule has 18 heavy (non-hydrogen) atoms. The fourth-order valence-electron chi connectivity index (χ4n) is 3.14. The predicted molar refractivity (Wildman–Crippen MR) is 80.0 cm³/mol. The lowest BCUT2D eigenvalue weighted by Crippen LogP contribution is -2.42. The standard InChI is InChI=1S/C13H17N3S2/c17-13(16-14-8-11-2-1-5-18-11)15-12-7-9-3-4-10(12)6-9/h1-2,5,8-10,12H,3-4,6-7H2,(H2,15,16,17)/b14-8-/t9-,10+,12-/m1/s1. The molecule has 3 rings (SSSR count). The lowest BCUT2D eigenvalue weighted by Gasteiger charge is -2.23. The zero-order valence-electron chi connectivity index (χ0n) is 10.1. The van der Waals surface area contributed by atoms with Crippen molar-refractivity contribution in [3.8, 4) is 0 Å². The second-order valence-electron chi connectivity index (χ2n) is 5.14. The van der Waals surface area contributed by atoms with Gasteiger partial charge in [-0.15, -0.1) is 11.3 Å². The molecule has 0 saturated heterocycles. The van der Waals surface area contributed by atoms with Gasteiger partial charge in [-0.25, -0.2) is 0 Å². The molecule has 2 saturated carbocycles. The predicted octanol–water partition coefficient (Wildman–Crippen LogP) is 2.73. The van der Waals surface area contributed by atoms with E-state index in [2.05, 4.69) is 15.8 Å². The van der Waals surface area contributed by atoms with E-state index < -0.39 is 0 Å². The van der Waals surface area contributed by atoms with Gasteiger partial charge in [0, 0.05) is 10.9 Å². The first-order valence-corrected chi connectivity index (χ1v) is 7.73. The van der Waals surface area contributed by atoms with Gasteiger partial charge in [-0.3, -0.25) is 5.43 Å². The molecule has 3 atom stereocenters. The molecule has 2 bridgehead atoms. The monoisotopic (exact) mass is 279 g/mol. The van der Waals surface area contributed by atoms with Crippen LogP contribution in [0.25, 0.3) is 0 Å². The number of nitrogens with zero attached hydrogens (tertiary/aromatic N) is 1. The summed E-state index contributed by atoms with van der Waals surface area (Å²) in [7, 11) is 0. The summed E-state index contributed by atoms with van der Waals surface area (Å²) in [6, 6.07) is 4.61. The Bertz CT molecular complexity index is 441. The Kier molecular flexibility index (Phi) is 3.61. The highest BCUT2D eigenvalue weighted by Gasteiger charge is 2.39. The van der Waals surface area contributed by atoms with E-state index in [9.17, 15) is 0 Å². The molecule has 2 fully saturated rings. The Hall–Kier alpha value is -0.940. The minimum absolute atomic E-state index is 0.570. The number of rotatable bonds is 3. The second-order valence-corrected chi connectivity index (χ2v) is 6.53. The number of thiocarbonyl (C=S) groups is 1. The summed E-state index contributed by atoms with van der Waals surface area (Å²) in [6.45, 7) is 0. The summed E-state index contributed by atoms with van der Waals surface area (Å²) in [4.78, 5) is 1.13. The summed E-state index contributed by atoms with van der Waals surface area (Å²) in [5, 5.41) is 10.2. The fraction of sp³-hybridized carbons (Fsp3) is 0.538. The normalized spacial score (nSPS) is 29.9. The summed E-state index contributed by atoms with van der Waals surface area (Å²) in [5.74, 6) is 1.76. The van der Waals surface area contributed by atoms with Crippen molar-refractivity contribution >= 4 is 34.9 Å². The van der Waals surface area contributed by atoms with E-state index in [0.717, 1.165) is 16.7 Å². The van der Waals surface area contributed by atoms with Gasteiger partial charge in [0.1, 0.15) is 0 Å². The van der Waals surface area contributed by atoms with Crippen molar-refractivity contribution in [2.45, 2.75) is 31.7 Å². The molecule has 0 amide bonds. The number of nitrogens with one attached hydrogen (secondary N) is 2. The van der Waals surface area contributed by atoms with Crippen molar-refractivity contribution in [1.82, 2.24) is 10.7 Å². The molecule has 3 nitrogen and oxygen atoms in total.